The molecular weight excluding hydrogens is 529 g/mol. The maximum absolute atomic E-state index is 14.1. The van der Waals surface area contributed by atoms with E-state index in [1.54, 1.807) is 24.3 Å². The third-order valence-electron chi connectivity index (χ3n) is 5.26. The first kappa shape index (κ1) is 26.3. The van der Waals surface area contributed by atoms with E-state index in [1.165, 1.54) is 37.3 Å². The minimum atomic E-state index is -4.98. The SMILES string of the molecule is C#CCOc1cccc(/C=c2\sc3n(c2=O)[C@@H](c2ccc(Cl)cc2)C(C(=O)OCC)=C(C(F)(F)F)N=3)c1. The van der Waals surface area contributed by atoms with Crippen LogP contribution in [-0.2, 0) is 9.53 Å². The van der Waals surface area contributed by atoms with Crippen LogP contribution in [-0.4, -0.2) is 29.9 Å². The summed E-state index contributed by atoms with van der Waals surface area (Å²) in [5.41, 5.74) is -2.02. The summed E-state index contributed by atoms with van der Waals surface area (Å²) in [6.45, 7) is 1.35. The zero-order valence-corrected chi connectivity index (χ0v) is 20.8. The number of allylic oxidation sites excluding steroid dienone is 1. The fourth-order valence-corrected chi connectivity index (χ4v) is 4.90. The highest BCUT2D eigenvalue weighted by atomic mass is 35.5. The van der Waals surface area contributed by atoms with Crippen LogP contribution in [0.4, 0.5) is 13.2 Å². The van der Waals surface area contributed by atoms with Crippen molar-refractivity contribution < 1.29 is 27.4 Å². The number of fused-ring (bicyclic) bond motifs is 1. The lowest BCUT2D eigenvalue weighted by Crippen LogP contribution is -2.41. The van der Waals surface area contributed by atoms with Crippen molar-refractivity contribution >= 4 is 35.0 Å². The topological polar surface area (TPSA) is 69.9 Å². The van der Waals surface area contributed by atoms with E-state index in [2.05, 4.69) is 10.9 Å². The first-order chi connectivity index (χ1) is 17.6. The molecule has 6 nitrogen and oxygen atoms in total. The van der Waals surface area contributed by atoms with Gasteiger partial charge in [0.15, 0.2) is 10.5 Å². The van der Waals surface area contributed by atoms with Crippen molar-refractivity contribution in [2.24, 2.45) is 4.99 Å². The monoisotopic (exact) mass is 546 g/mol. The van der Waals surface area contributed by atoms with Crippen molar-refractivity contribution in [3.63, 3.8) is 0 Å². The molecule has 1 aliphatic heterocycles. The average molecular weight is 547 g/mol. The van der Waals surface area contributed by atoms with Crippen LogP contribution in [0.2, 0.25) is 5.02 Å². The lowest BCUT2D eigenvalue weighted by Gasteiger charge is -2.26. The van der Waals surface area contributed by atoms with Gasteiger partial charge in [0.25, 0.3) is 5.56 Å². The van der Waals surface area contributed by atoms with Gasteiger partial charge in [-0.15, -0.1) is 6.42 Å². The van der Waals surface area contributed by atoms with Gasteiger partial charge in [-0.1, -0.05) is 53.1 Å². The molecule has 190 valence electrons. The average Bonchev–Trinajstić information content (AvgIpc) is 3.17. The number of ether oxygens (including phenoxy) is 2. The minimum Gasteiger partial charge on any atom is -0.481 e. The Hall–Kier alpha value is -3.81. The quantitative estimate of drug-likeness (QED) is 0.346. The predicted molar refractivity (Wildman–Crippen MR) is 133 cm³/mol. The van der Waals surface area contributed by atoms with Gasteiger partial charge >= 0.3 is 12.1 Å². The molecule has 3 aromatic rings. The number of rotatable bonds is 6. The molecular formula is C26H18ClF3N2O4S. The number of thiazole rings is 1. The molecule has 11 heteroatoms. The van der Waals surface area contributed by atoms with E-state index in [9.17, 15) is 22.8 Å². The molecule has 2 aromatic carbocycles. The van der Waals surface area contributed by atoms with Gasteiger partial charge < -0.3 is 9.47 Å². The highest BCUT2D eigenvalue weighted by molar-refractivity contribution is 7.07. The van der Waals surface area contributed by atoms with Crippen molar-refractivity contribution in [2.45, 2.75) is 19.1 Å². The van der Waals surface area contributed by atoms with E-state index >= 15 is 0 Å². The molecule has 1 aliphatic rings. The highest BCUT2D eigenvalue weighted by Gasteiger charge is 2.45. The number of hydrogen-bond acceptors (Lipinski definition) is 6. The Kier molecular flexibility index (Phi) is 7.57. The molecule has 0 fully saturated rings. The van der Waals surface area contributed by atoms with Crippen LogP contribution in [0.5, 0.6) is 5.75 Å². The van der Waals surface area contributed by atoms with Gasteiger partial charge in [0.1, 0.15) is 12.4 Å². The summed E-state index contributed by atoms with van der Waals surface area (Å²) in [5, 5.41) is 0.334. The molecule has 0 aliphatic carbocycles. The summed E-state index contributed by atoms with van der Waals surface area (Å²) < 4.78 is 54.0. The number of benzene rings is 2. The maximum atomic E-state index is 14.1. The number of halogens is 4. The maximum Gasteiger partial charge on any atom is 0.434 e. The van der Waals surface area contributed by atoms with E-state index in [1.807, 2.05) is 0 Å². The number of esters is 1. The lowest BCUT2D eigenvalue weighted by molar-refractivity contribution is -0.140. The van der Waals surface area contributed by atoms with Crippen molar-refractivity contribution in [1.82, 2.24) is 4.57 Å². The number of alkyl halides is 3. The van der Waals surface area contributed by atoms with Crippen LogP contribution in [0, 0.1) is 12.3 Å². The van der Waals surface area contributed by atoms with Crippen LogP contribution >= 0.6 is 22.9 Å². The third-order valence-corrected chi connectivity index (χ3v) is 6.49. The zero-order valence-electron chi connectivity index (χ0n) is 19.2. The second-order valence-electron chi connectivity index (χ2n) is 7.68. The summed E-state index contributed by atoms with van der Waals surface area (Å²) in [6.07, 6.45) is 1.74. The van der Waals surface area contributed by atoms with Crippen LogP contribution in [0.25, 0.3) is 6.08 Å². The minimum absolute atomic E-state index is 0.0452. The molecule has 0 bridgehead atoms. The van der Waals surface area contributed by atoms with Crippen molar-refractivity contribution in [2.75, 3.05) is 13.2 Å². The van der Waals surface area contributed by atoms with E-state index in [4.69, 9.17) is 27.5 Å². The molecule has 1 atom stereocenters. The number of nitrogens with zero attached hydrogens (tertiary/aromatic N) is 2. The van der Waals surface area contributed by atoms with Gasteiger partial charge in [0.2, 0.25) is 0 Å². The summed E-state index contributed by atoms with van der Waals surface area (Å²) in [7, 11) is 0. The fourth-order valence-electron chi connectivity index (χ4n) is 3.77. The second-order valence-corrected chi connectivity index (χ2v) is 9.13. The summed E-state index contributed by atoms with van der Waals surface area (Å²) in [4.78, 5) is 29.9. The molecule has 2 heterocycles. The standard InChI is InChI=1S/C26H18ClF3N2O4S/c1-3-12-36-18-7-5-6-15(13-18)14-19-23(33)32-21(16-8-10-17(27)11-9-16)20(24(34)35-4-2)22(26(28,29)30)31-25(32)37-19/h1,5-11,13-14,21H,4,12H2,2H3/b19-14-/t21-/m0/s1. The highest BCUT2D eigenvalue weighted by Crippen LogP contribution is 2.38. The molecule has 0 N–H and O–H groups in total. The summed E-state index contributed by atoms with van der Waals surface area (Å²) in [5.74, 6) is 1.60. The zero-order chi connectivity index (χ0) is 26.7. The molecule has 37 heavy (non-hydrogen) atoms. The van der Waals surface area contributed by atoms with E-state index in [-0.39, 0.29) is 28.1 Å². The van der Waals surface area contributed by atoms with E-state index in [0.717, 1.165) is 15.9 Å². The first-order valence-electron chi connectivity index (χ1n) is 10.9. The van der Waals surface area contributed by atoms with Gasteiger partial charge in [-0.2, -0.15) is 13.2 Å². The van der Waals surface area contributed by atoms with Crippen molar-refractivity contribution in [1.29, 1.82) is 0 Å². The molecule has 0 saturated carbocycles. The van der Waals surface area contributed by atoms with Crippen LogP contribution in [0.3, 0.4) is 0 Å². The number of aromatic nitrogens is 1. The second kappa shape index (κ2) is 10.7. The van der Waals surface area contributed by atoms with Crippen molar-refractivity contribution in [3.05, 3.63) is 95.6 Å². The summed E-state index contributed by atoms with van der Waals surface area (Å²) >= 11 is 6.75. The third kappa shape index (κ3) is 5.48. The fraction of sp³-hybridized carbons (Fsp3) is 0.192. The molecule has 4 rings (SSSR count). The van der Waals surface area contributed by atoms with Gasteiger partial charge in [-0.05, 0) is 48.4 Å². The van der Waals surface area contributed by atoms with Crippen LogP contribution in [0.1, 0.15) is 24.1 Å². The normalized spacial score (nSPS) is 15.6. The number of hydrogen-bond donors (Lipinski definition) is 0. The largest absolute Gasteiger partial charge is 0.481 e. The number of carbonyl (C=O) groups excluding carboxylic acids is 1. The van der Waals surface area contributed by atoms with E-state index in [0.29, 0.717) is 16.3 Å². The molecule has 1 aromatic heterocycles. The predicted octanol–water partition coefficient (Wildman–Crippen LogP) is 4.01. The first-order valence-corrected chi connectivity index (χ1v) is 12.1. The molecule has 0 radical (unpaired) electrons. The Bertz CT molecular complexity index is 1600. The van der Waals surface area contributed by atoms with Gasteiger partial charge in [0, 0.05) is 5.02 Å². The molecule has 0 saturated heterocycles. The van der Waals surface area contributed by atoms with Crippen LogP contribution in [0.15, 0.2) is 69.6 Å². The Morgan fingerprint density at radius 3 is 2.65 bits per heavy atom. The van der Waals surface area contributed by atoms with Gasteiger partial charge in [0.05, 0.1) is 22.8 Å². The molecule has 0 amide bonds. The van der Waals surface area contributed by atoms with Gasteiger partial charge in [-0.25, -0.2) is 9.79 Å². The number of terminal acetylenes is 1. The summed E-state index contributed by atoms with van der Waals surface area (Å²) in [6, 6.07) is 11.1. The Morgan fingerprint density at radius 1 is 1.27 bits per heavy atom. The Balaban J connectivity index is 1.98. The molecule has 0 unspecified atom stereocenters. The molecule has 0 spiro atoms. The Labute approximate surface area is 217 Å². The van der Waals surface area contributed by atoms with Crippen LogP contribution < -0.4 is 19.6 Å². The Morgan fingerprint density at radius 2 is 2.00 bits per heavy atom. The van der Waals surface area contributed by atoms with Gasteiger partial charge in [-0.3, -0.25) is 9.36 Å². The van der Waals surface area contributed by atoms with Crippen molar-refractivity contribution in [3.8, 4) is 18.1 Å². The smallest absolute Gasteiger partial charge is 0.434 e. The van der Waals surface area contributed by atoms with E-state index < -0.39 is 35.0 Å². The number of carbonyl (C=O) groups is 1. The lowest BCUT2D eigenvalue weighted by atomic mass is 9.95.